The van der Waals surface area contributed by atoms with Crippen LogP contribution in [0.1, 0.15) is 19.7 Å². The quantitative estimate of drug-likeness (QED) is 0.845. The van der Waals surface area contributed by atoms with Gasteiger partial charge in [0.25, 0.3) is 0 Å². The molecule has 0 saturated heterocycles. The molecule has 1 N–H and O–H groups in total. The van der Waals surface area contributed by atoms with E-state index in [1.165, 1.54) is 0 Å². The number of hydrogen-bond acceptors (Lipinski definition) is 5. The van der Waals surface area contributed by atoms with E-state index in [2.05, 4.69) is 15.5 Å². The molecule has 1 aromatic heterocycles. The number of carbonyl (C=O) groups is 1. The number of carboxylic acid groups (broad SMARTS) is 1. The smallest absolute Gasteiger partial charge is 0.317 e. The van der Waals surface area contributed by atoms with E-state index in [1.807, 2.05) is 44.2 Å². The van der Waals surface area contributed by atoms with Gasteiger partial charge in [-0.25, -0.2) is 0 Å². The summed E-state index contributed by atoms with van der Waals surface area (Å²) in [6.45, 7) is 4.23. The van der Waals surface area contributed by atoms with Crippen LogP contribution in [-0.2, 0) is 11.3 Å². The second-order valence-electron chi connectivity index (χ2n) is 4.73. The first-order valence-corrected chi connectivity index (χ1v) is 6.36. The molecule has 1 aromatic carbocycles. The van der Waals surface area contributed by atoms with Gasteiger partial charge in [0, 0.05) is 6.04 Å². The van der Waals surface area contributed by atoms with Crippen molar-refractivity contribution in [3.63, 3.8) is 0 Å². The van der Waals surface area contributed by atoms with Gasteiger partial charge in [0.1, 0.15) is 0 Å². The topological polar surface area (TPSA) is 84.1 Å². The van der Waals surface area contributed by atoms with Crippen LogP contribution in [0, 0.1) is 0 Å². The molecule has 20 heavy (non-hydrogen) atoms. The van der Waals surface area contributed by atoms with Crippen LogP contribution in [0.4, 0.5) is 0 Å². The number of nitrogens with zero attached hydrogens (tertiary/aromatic N) is 5. The molecule has 0 aliphatic heterocycles. The number of aliphatic carboxylic acids is 1. The second kappa shape index (κ2) is 6.25. The summed E-state index contributed by atoms with van der Waals surface area (Å²) in [7, 11) is 0. The first-order valence-electron chi connectivity index (χ1n) is 6.36. The van der Waals surface area contributed by atoms with E-state index in [9.17, 15) is 4.79 Å². The Bertz CT molecular complexity index is 567. The molecule has 0 aliphatic rings. The molecule has 0 saturated carbocycles. The summed E-state index contributed by atoms with van der Waals surface area (Å²) in [6, 6.07) is 9.61. The third-order valence-corrected chi connectivity index (χ3v) is 2.95. The molecule has 0 spiro atoms. The van der Waals surface area contributed by atoms with Crippen molar-refractivity contribution < 1.29 is 9.90 Å². The van der Waals surface area contributed by atoms with Crippen LogP contribution in [-0.4, -0.2) is 48.8 Å². The molecule has 0 atom stereocenters. The standard InChI is InChI=1S/C13H17N5O2/c1-10(2)17(9-13(19)20)8-12-14-15-16-18(12)11-6-4-3-5-7-11/h3-7,10H,8-9H2,1-2H3,(H,19,20). The normalized spacial score (nSPS) is 11.2. The molecule has 2 aromatic rings. The first kappa shape index (κ1) is 14.1. The highest BCUT2D eigenvalue weighted by Crippen LogP contribution is 2.10. The molecule has 106 valence electrons. The zero-order valence-electron chi connectivity index (χ0n) is 11.5. The summed E-state index contributed by atoms with van der Waals surface area (Å²) in [5, 5.41) is 20.6. The van der Waals surface area contributed by atoms with Crippen LogP contribution in [0.3, 0.4) is 0 Å². The van der Waals surface area contributed by atoms with Gasteiger partial charge in [-0.15, -0.1) is 5.10 Å². The molecule has 2 rings (SSSR count). The molecule has 0 amide bonds. The molecule has 7 nitrogen and oxygen atoms in total. The fraction of sp³-hybridized carbons (Fsp3) is 0.385. The second-order valence-corrected chi connectivity index (χ2v) is 4.73. The monoisotopic (exact) mass is 275 g/mol. The maximum atomic E-state index is 10.9. The van der Waals surface area contributed by atoms with Crippen molar-refractivity contribution in [3.8, 4) is 5.69 Å². The summed E-state index contributed by atoms with van der Waals surface area (Å²) in [6.07, 6.45) is 0. The molecule has 0 bridgehead atoms. The maximum absolute atomic E-state index is 10.9. The fourth-order valence-electron chi connectivity index (χ4n) is 1.85. The lowest BCUT2D eigenvalue weighted by atomic mass is 10.3. The van der Waals surface area contributed by atoms with E-state index in [0.717, 1.165) is 5.69 Å². The van der Waals surface area contributed by atoms with E-state index in [-0.39, 0.29) is 12.6 Å². The van der Waals surface area contributed by atoms with Gasteiger partial charge in [0.15, 0.2) is 5.82 Å². The number of carboxylic acids is 1. The van der Waals surface area contributed by atoms with Crippen molar-refractivity contribution in [2.24, 2.45) is 0 Å². The average molecular weight is 275 g/mol. The van der Waals surface area contributed by atoms with Gasteiger partial charge in [0.05, 0.1) is 18.8 Å². The number of benzene rings is 1. The third kappa shape index (κ3) is 3.39. The zero-order valence-corrected chi connectivity index (χ0v) is 11.5. The van der Waals surface area contributed by atoms with Gasteiger partial charge in [-0.05, 0) is 36.4 Å². The Morgan fingerprint density at radius 2 is 2.05 bits per heavy atom. The van der Waals surface area contributed by atoms with Crippen molar-refractivity contribution in [1.29, 1.82) is 0 Å². The Labute approximate surface area is 116 Å². The van der Waals surface area contributed by atoms with Gasteiger partial charge >= 0.3 is 5.97 Å². The van der Waals surface area contributed by atoms with Crippen molar-refractivity contribution in [2.75, 3.05) is 6.54 Å². The molecule has 1 heterocycles. The molecule has 0 unspecified atom stereocenters. The highest BCUT2D eigenvalue weighted by Gasteiger charge is 2.18. The summed E-state index contributed by atoms with van der Waals surface area (Å²) in [4.78, 5) is 12.7. The Hall–Kier alpha value is -2.28. The van der Waals surface area contributed by atoms with Crippen LogP contribution < -0.4 is 0 Å². The van der Waals surface area contributed by atoms with Crippen LogP contribution >= 0.6 is 0 Å². The largest absolute Gasteiger partial charge is 0.480 e. The highest BCUT2D eigenvalue weighted by atomic mass is 16.4. The van der Waals surface area contributed by atoms with Crippen LogP contribution in [0.15, 0.2) is 30.3 Å². The molecule has 0 fully saturated rings. The van der Waals surface area contributed by atoms with Gasteiger partial charge in [0.2, 0.25) is 0 Å². The predicted octanol–water partition coefficient (Wildman–Crippen LogP) is 0.957. The number of rotatable bonds is 6. The van der Waals surface area contributed by atoms with Crippen molar-refractivity contribution >= 4 is 5.97 Å². The average Bonchev–Trinajstić information content (AvgIpc) is 2.86. The summed E-state index contributed by atoms with van der Waals surface area (Å²) in [5.74, 6) is -0.247. The van der Waals surface area contributed by atoms with E-state index >= 15 is 0 Å². The zero-order chi connectivity index (χ0) is 14.5. The van der Waals surface area contributed by atoms with Crippen molar-refractivity contribution in [2.45, 2.75) is 26.4 Å². The fourth-order valence-corrected chi connectivity index (χ4v) is 1.85. The van der Waals surface area contributed by atoms with E-state index < -0.39 is 5.97 Å². The first-order chi connectivity index (χ1) is 9.58. The molecular formula is C13H17N5O2. The van der Waals surface area contributed by atoms with Crippen LogP contribution in [0.25, 0.3) is 5.69 Å². The van der Waals surface area contributed by atoms with Gasteiger partial charge in [-0.1, -0.05) is 18.2 Å². The lowest BCUT2D eigenvalue weighted by Crippen LogP contribution is -2.36. The predicted molar refractivity (Wildman–Crippen MR) is 72.3 cm³/mol. The maximum Gasteiger partial charge on any atom is 0.317 e. The van der Waals surface area contributed by atoms with E-state index in [4.69, 9.17) is 5.11 Å². The number of hydrogen-bond donors (Lipinski definition) is 1. The Kier molecular flexibility index (Phi) is 4.41. The van der Waals surface area contributed by atoms with Crippen molar-refractivity contribution in [1.82, 2.24) is 25.1 Å². The summed E-state index contributed by atoms with van der Waals surface area (Å²) >= 11 is 0. The van der Waals surface area contributed by atoms with Gasteiger partial charge in [-0.2, -0.15) is 4.68 Å². The minimum Gasteiger partial charge on any atom is -0.480 e. The summed E-state index contributed by atoms with van der Waals surface area (Å²) < 4.78 is 1.62. The minimum absolute atomic E-state index is 0.0423. The number of aromatic nitrogens is 4. The minimum atomic E-state index is -0.863. The van der Waals surface area contributed by atoms with Crippen LogP contribution in [0.5, 0.6) is 0 Å². The Balaban J connectivity index is 2.21. The van der Waals surface area contributed by atoms with Gasteiger partial charge < -0.3 is 5.11 Å². The molecular weight excluding hydrogens is 258 g/mol. The Morgan fingerprint density at radius 1 is 1.35 bits per heavy atom. The number of para-hydroxylation sites is 1. The molecule has 0 aliphatic carbocycles. The Morgan fingerprint density at radius 3 is 2.65 bits per heavy atom. The van der Waals surface area contributed by atoms with E-state index in [0.29, 0.717) is 12.4 Å². The SMILES string of the molecule is CC(C)N(CC(=O)O)Cc1nnnn1-c1ccccc1. The van der Waals surface area contributed by atoms with E-state index in [1.54, 1.807) is 9.58 Å². The summed E-state index contributed by atoms with van der Waals surface area (Å²) in [5.41, 5.74) is 0.853. The van der Waals surface area contributed by atoms with Crippen molar-refractivity contribution in [3.05, 3.63) is 36.2 Å². The third-order valence-electron chi connectivity index (χ3n) is 2.95. The van der Waals surface area contributed by atoms with Crippen LogP contribution in [0.2, 0.25) is 0 Å². The molecule has 7 heteroatoms. The number of tetrazole rings is 1. The van der Waals surface area contributed by atoms with Gasteiger partial charge in [-0.3, -0.25) is 9.69 Å². The lowest BCUT2D eigenvalue weighted by molar-refractivity contribution is -0.139. The highest BCUT2D eigenvalue weighted by molar-refractivity contribution is 5.69. The molecule has 0 radical (unpaired) electrons. The lowest BCUT2D eigenvalue weighted by Gasteiger charge is -2.23.